The molecule has 14 heavy (non-hydrogen) atoms. The fourth-order valence-electron chi connectivity index (χ4n) is 0.992. The number of benzene rings is 1. The highest BCUT2D eigenvalue weighted by molar-refractivity contribution is 9.11. The predicted molar refractivity (Wildman–Crippen MR) is 66.2 cm³/mol. The van der Waals surface area contributed by atoms with Crippen LogP contribution in [0.2, 0.25) is 10.0 Å². The topological polar surface area (TPSA) is 12.0 Å². The highest BCUT2D eigenvalue weighted by Gasteiger charge is 1.98. The molecule has 1 nitrogen and oxygen atoms in total. The van der Waals surface area contributed by atoms with E-state index in [9.17, 15) is 0 Å². The lowest BCUT2D eigenvalue weighted by atomic mass is 10.2. The zero-order chi connectivity index (χ0) is 10.6. The third-order valence-corrected chi connectivity index (χ3v) is 2.65. The fourth-order valence-corrected chi connectivity index (χ4v) is 1.51. The molecule has 1 N–H and O–H groups in total. The van der Waals surface area contributed by atoms with Crippen LogP contribution in [0, 0.1) is 0 Å². The van der Waals surface area contributed by atoms with Crippen LogP contribution < -0.4 is 5.32 Å². The molecule has 4 heteroatoms. The number of rotatable bonds is 4. The second-order valence-corrected chi connectivity index (χ2v) is 4.81. The molecule has 1 aromatic rings. The molecule has 76 valence electrons. The first-order valence-corrected chi connectivity index (χ1v) is 5.62. The summed E-state index contributed by atoms with van der Waals surface area (Å²) in [7, 11) is 0. The Hall–Kier alpha value is -0.0200. The summed E-state index contributed by atoms with van der Waals surface area (Å²) in [6.45, 7) is 5.21. The van der Waals surface area contributed by atoms with E-state index in [1.807, 2.05) is 12.1 Å². The van der Waals surface area contributed by atoms with Gasteiger partial charge in [0.2, 0.25) is 0 Å². The Labute approximate surface area is 102 Å². The van der Waals surface area contributed by atoms with Crippen LogP contribution in [0.15, 0.2) is 29.3 Å². The van der Waals surface area contributed by atoms with Gasteiger partial charge in [0.05, 0.1) is 10.0 Å². The molecule has 0 aliphatic heterocycles. The zero-order valence-electron chi connectivity index (χ0n) is 7.49. The Morgan fingerprint density at radius 2 is 2.07 bits per heavy atom. The van der Waals surface area contributed by atoms with Gasteiger partial charge >= 0.3 is 0 Å². The summed E-state index contributed by atoms with van der Waals surface area (Å²) in [6.07, 6.45) is 0. The summed E-state index contributed by atoms with van der Waals surface area (Å²) in [5, 5.41) is 4.37. The molecule has 0 aromatic heterocycles. The van der Waals surface area contributed by atoms with Crippen molar-refractivity contribution < 1.29 is 0 Å². The first-order chi connectivity index (χ1) is 6.59. The number of halogens is 3. The van der Waals surface area contributed by atoms with E-state index in [-0.39, 0.29) is 0 Å². The van der Waals surface area contributed by atoms with Crippen LogP contribution in [0.1, 0.15) is 5.56 Å². The average molecular weight is 295 g/mol. The smallest absolute Gasteiger partial charge is 0.0595 e. The van der Waals surface area contributed by atoms with Gasteiger partial charge in [-0.2, -0.15) is 0 Å². The maximum absolute atomic E-state index is 5.87. The van der Waals surface area contributed by atoms with Crippen molar-refractivity contribution >= 4 is 39.1 Å². The van der Waals surface area contributed by atoms with Crippen molar-refractivity contribution in [1.29, 1.82) is 0 Å². The fraction of sp³-hybridized carbons (Fsp3) is 0.200. The minimum absolute atomic E-state index is 0.584. The lowest BCUT2D eigenvalue weighted by molar-refractivity contribution is 0.757. The van der Waals surface area contributed by atoms with Crippen LogP contribution in [0.4, 0.5) is 0 Å². The summed E-state index contributed by atoms with van der Waals surface area (Å²) in [6, 6.07) is 5.59. The quantitative estimate of drug-likeness (QED) is 0.885. The van der Waals surface area contributed by atoms with Gasteiger partial charge in [-0.25, -0.2) is 0 Å². The Kier molecular flexibility index (Phi) is 4.96. The van der Waals surface area contributed by atoms with Crippen molar-refractivity contribution in [3.05, 3.63) is 44.9 Å². The predicted octanol–water partition coefficient (Wildman–Crippen LogP) is 3.99. The third kappa shape index (κ3) is 4.01. The third-order valence-electron chi connectivity index (χ3n) is 1.63. The molecule has 0 spiro atoms. The molecule has 0 aliphatic rings. The van der Waals surface area contributed by atoms with E-state index in [0.29, 0.717) is 10.0 Å². The van der Waals surface area contributed by atoms with Gasteiger partial charge < -0.3 is 5.32 Å². The summed E-state index contributed by atoms with van der Waals surface area (Å²) in [4.78, 5) is 0. The van der Waals surface area contributed by atoms with Crippen LogP contribution >= 0.6 is 39.1 Å². The molecule has 1 aromatic carbocycles. The molecule has 0 heterocycles. The van der Waals surface area contributed by atoms with E-state index in [2.05, 4.69) is 27.8 Å². The summed E-state index contributed by atoms with van der Waals surface area (Å²) in [5.41, 5.74) is 1.10. The van der Waals surface area contributed by atoms with E-state index in [0.717, 1.165) is 23.1 Å². The molecule has 0 unspecified atom stereocenters. The van der Waals surface area contributed by atoms with Crippen LogP contribution in [-0.2, 0) is 6.54 Å². The molecular formula is C10H10BrCl2N. The maximum atomic E-state index is 5.87. The van der Waals surface area contributed by atoms with Crippen molar-refractivity contribution in [3.63, 3.8) is 0 Å². The number of hydrogen-bond donors (Lipinski definition) is 1. The molecule has 1 rings (SSSR count). The summed E-state index contributed by atoms with van der Waals surface area (Å²) in [5.74, 6) is 0. The molecule has 0 radical (unpaired) electrons. The van der Waals surface area contributed by atoms with Crippen molar-refractivity contribution in [2.75, 3.05) is 6.54 Å². The van der Waals surface area contributed by atoms with Gasteiger partial charge in [0.15, 0.2) is 0 Å². The van der Waals surface area contributed by atoms with Gasteiger partial charge in [0, 0.05) is 17.6 Å². The first-order valence-electron chi connectivity index (χ1n) is 4.07. The molecular weight excluding hydrogens is 285 g/mol. The van der Waals surface area contributed by atoms with Gasteiger partial charge in [-0.3, -0.25) is 0 Å². The standard InChI is InChI=1S/C10H10BrCl2N/c1-7(11)5-14-6-8-2-3-9(12)10(13)4-8/h2-4,14H,1,5-6H2. The SMILES string of the molecule is C=C(Br)CNCc1ccc(Cl)c(Cl)c1. The van der Waals surface area contributed by atoms with Crippen LogP contribution in [0.25, 0.3) is 0 Å². The van der Waals surface area contributed by atoms with Crippen molar-refractivity contribution in [1.82, 2.24) is 5.32 Å². The monoisotopic (exact) mass is 293 g/mol. The largest absolute Gasteiger partial charge is 0.308 e. The maximum Gasteiger partial charge on any atom is 0.0595 e. The van der Waals surface area contributed by atoms with Crippen LogP contribution in [0.3, 0.4) is 0 Å². The van der Waals surface area contributed by atoms with Crippen molar-refractivity contribution in [2.24, 2.45) is 0 Å². The Morgan fingerprint density at radius 1 is 1.36 bits per heavy atom. The molecule has 0 amide bonds. The van der Waals surface area contributed by atoms with Gasteiger partial charge in [0.1, 0.15) is 0 Å². The van der Waals surface area contributed by atoms with Crippen LogP contribution in [0.5, 0.6) is 0 Å². The van der Waals surface area contributed by atoms with E-state index < -0.39 is 0 Å². The number of nitrogens with one attached hydrogen (secondary N) is 1. The molecule has 0 aliphatic carbocycles. The minimum atomic E-state index is 0.584. The van der Waals surface area contributed by atoms with Gasteiger partial charge in [-0.1, -0.05) is 51.8 Å². The highest BCUT2D eigenvalue weighted by atomic mass is 79.9. The highest BCUT2D eigenvalue weighted by Crippen LogP contribution is 2.22. The van der Waals surface area contributed by atoms with Gasteiger partial charge in [0.25, 0.3) is 0 Å². The second-order valence-electron chi connectivity index (χ2n) is 2.87. The zero-order valence-corrected chi connectivity index (χ0v) is 10.6. The molecule has 0 bridgehead atoms. The lowest BCUT2D eigenvalue weighted by Crippen LogP contribution is -2.14. The first kappa shape index (κ1) is 12.1. The van der Waals surface area contributed by atoms with Crippen molar-refractivity contribution in [2.45, 2.75) is 6.54 Å². The van der Waals surface area contributed by atoms with E-state index in [1.165, 1.54) is 0 Å². The molecule has 0 fully saturated rings. The Balaban J connectivity index is 2.51. The second kappa shape index (κ2) is 5.76. The van der Waals surface area contributed by atoms with E-state index >= 15 is 0 Å². The van der Waals surface area contributed by atoms with Gasteiger partial charge in [-0.05, 0) is 17.7 Å². The summed E-state index contributed by atoms with van der Waals surface area (Å²) < 4.78 is 0.928. The van der Waals surface area contributed by atoms with Crippen LogP contribution in [-0.4, -0.2) is 6.54 Å². The van der Waals surface area contributed by atoms with E-state index in [1.54, 1.807) is 6.07 Å². The van der Waals surface area contributed by atoms with Crippen molar-refractivity contribution in [3.8, 4) is 0 Å². The van der Waals surface area contributed by atoms with Gasteiger partial charge in [-0.15, -0.1) is 0 Å². The summed E-state index contributed by atoms with van der Waals surface area (Å²) >= 11 is 14.9. The Bertz CT molecular complexity index is 339. The Morgan fingerprint density at radius 3 is 2.64 bits per heavy atom. The average Bonchev–Trinajstić information content (AvgIpc) is 2.10. The number of hydrogen-bond acceptors (Lipinski definition) is 1. The molecule has 0 atom stereocenters. The minimum Gasteiger partial charge on any atom is -0.308 e. The molecule has 0 saturated heterocycles. The molecule has 0 saturated carbocycles. The normalized spacial score (nSPS) is 10.2. The van der Waals surface area contributed by atoms with E-state index in [4.69, 9.17) is 23.2 Å². The lowest BCUT2D eigenvalue weighted by Gasteiger charge is -2.04.